The van der Waals surface area contributed by atoms with Crippen LogP contribution in [0.1, 0.15) is 18.9 Å². The van der Waals surface area contributed by atoms with Gasteiger partial charge in [0.25, 0.3) is 0 Å². The number of hydrogen-bond donors (Lipinski definition) is 2. The van der Waals surface area contributed by atoms with Gasteiger partial charge in [-0.05, 0) is 49.4 Å². The molecule has 2 amide bonds. The number of hydrogen-bond acceptors (Lipinski definition) is 5. The SMILES string of the molecule is CCOc1ccc(NC(=O)CC(=O)NN=Cc2cc(Cl)ccc2OC)cc1. The number of carbonyl (C=O) groups is 2. The van der Waals surface area contributed by atoms with Crippen LogP contribution >= 0.6 is 11.6 Å². The van der Waals surface area contributed by atoms with Crippen LogP contribution in [-0.4, -0.2) is 31.7 Å². The van der Waals surface area contributed by atoms with E-state index >= 15 is 0 Å². The maximum Gasteiger partial charge on any atom is 0.249 e. The van der Waals surface area contributed by atoms with Crippen LogP contribution in [0.5, 0.6) is 11.5 Å². The van der Waals surface area contributed by atoms with Gasteiger partial charge in [-0.3, -0.25) is 9.59 Å². The molecule has 0 aliphatic heterocycles. The number of anilines is 1. The highest BCUT2D eigenvalue weighted by molar-refractivity contribution is 6.30. The lowest BCUT2D eigenvalue weighted by Crippen LogP contribution is -2.24. The first kappa shape index (κ1) is 20.3. The fourth-order valence-corrected chi connectivity index (χ4v) is 2.35. The van der Waals surface area contributed by atoms with Gasteiger partial charge in [0.15, 0.2) is 0 Å². The average Bonchev–Trinajstić information content (AvgIpc) is 2.63. The second-order valence-electron chi connectivity index (χ2n) is 5.36. The summed E-state index contributed by atoms with van der Waals surface area (Å²) in [5.74, 6) is 0.271. The van der Waals surface area contributed by atoms with Gasteiger partial charge in [-0.2, -0.15) is 5.10 Å². The molecule has 2 aromatic carbocycles. The molecule has 0 bridgehead atoms. The predicted molar refractivity (Wildman–Crippen MR) is 105 cm³/mol. The van der Waals surface area contributed by atoms with Crippen LogP contribution in [0.3, 0.4) is 0 Å². The van der Waals surface area contributed by atoms with E-state index in [4.69, 9.17) is 21.1 Å². The number of hydrazone groups is 1. The summed E-state index contributed by atoms with van der Waals surface area (Å²) in [5.41, 5.74) is 3.47. The van der Waals surface area contributed by atoms with Crippen LogP contribution in [0.15, 0.2) is 47.6 Å². The zero-order valence-electron chi connectivity index (χ0n) is 15.0. The number of ether oxygens (including phenoxy) is 2. The van der Waals surface area contributed by atoms with Crippen LogP contribution in [0.4, 0.5) is 5.69 Å². The van der Waals surface area contributed by atoms with Gasteiger partial charge in [-0.1, -0.05) is 11.6 Å². The summed E-state index contributed by atoms with van der Waals surface area (Å²) in [6.07, 6.45) is 1.03. The fourth-order valence-electron chi connectivity index (χ4n) is 2.17. The Morgan fingerprint density at radius 1 is 1.15 bits per heavy atom. The molecule has 0 radical (unpaired) electrons. The summed E-state index contributed by atoms with van der Waals surface area (Å²) >= 11 is 5.92. The van der Waals surface area contributed by atoms with Crippen molar-refractivity contribution in [2.75, 3.05) is 19.0 Å². The van der Waals surface area contributed by atoms with Crippen molar-refractivity contribution in [3.63, 3.8) is 0 Å². The Kier molecular flexibility index (Phi) is 7.63. The summed E-state index contributed by atoms with van der Waals surface area (Å²) in [6.45, 7) is 2.45. The molecule has 0 atom stereocenters. The van der Waals surface area contributed by atoms with E-state index in [-0.39, 0.29) is 6.42 Å². The van der Waals surface area contributed by atoms with E-state index in [1.807, 2.05) is 6.92 Å². The van der Waals surface area contributed by atoms with Gasteiger partial charge in [0, 0.05) is 16.3 Å². The van der Waals surface area contributed by atoms with E-state index in [0.29, 0.717) is 34.4 Å². The van der Waals surface area contributed by atoms with E-state index in [1.54, 1.807) is 42.5 Å². The summed E-state index contributed by atoms with van der Waals surface area (Å²) in [5, 5.41) is 6.97. The highest BCUT2D eigenvalue weighted by atomic mass is 35.5. The van der Waals surface area contributed by atoms with Crippen LogP contribution in [0.25, 0.3) is 0 Å². The largest absolute Gasteiger partial charge is 0.496 e. The molecule has 2 N–H and O–H groups in total. The first-order valence-corrected chi connectivity index (χ1v) is 8.57. The number of amides is 2. The Labute approximate surface area is 162 Å². The number of methoxy groups -OCH3 is 1. The molecule has 0 saturated heterocycles. The maximum atomic E-state index is 11.9. The number of benzene rings is 2. The third-order valence-electron chi connectivity index (χ3n) is 3.35. The lowest BCUT2D eigenvalue weighted by atomic mass is 10.2. The van der Waals surface area contributed by atoms with Gasteiger partial charge >= 0.3 is 0 Å². The molecule has 0 aliphatic rings. The maximum absolute atomic E-state index is 11.9. The molecule has 0 aliphatic carbocycles. The zero-order chi connectivity index (χ0) is 19.6. The Morgan fingerprint density at radius 2 is 1.89 bits per heavy atom. The second kappa shape index (κ2) is 10.2. The van der Waals surface area contributed by atoms with Crippen molar-refractivity contribution in [2.45, 2.75) is 13.3 Å². The lowest BCUT2D eigenvalue weighted by Gasteiger charge is -2.07. The van der Waals surface area contributed by atoms with Crippen LogP contribution in [-0.2, 0) is 9.59 Å². The monoisotopic (exact) mass is 389 g/mol. The molecule has 7 nitrogen and oxygen atoms in total. The van der Waals surface area contributed by atoms with Crippen LogP contribution in [0.2, 0.25) is 5.02 Å². The normalized spacial score (nSPS) is 10.5. The molecule has 0 heterocycles. The summed E-state index contributed by atoms with van der Waals surface area (Å²) in [4.78, 5) is 23.8. The van der Waals surface area contributed by atoms with E-state index < -0.39 is 11.8 Å². The number of nitrogens with zero attached hydrogens (tertiary/aromatic N) is 1. The molecule has 8 heteroatoms. The van der Waals surface area contributed by atoms with Gasteiger partial charge in [-0.25, -0.2) is 5.43 Å². The molecule has 0 spiro atoms. The number of halogens is 1. The van der Waals surface area contributed by atoms with E-state index in [2.05, 4.69) is 15.8 Å². The van der Waals surface area contributed by atoms with Crippen molar-refractivity contribution in [1.82, 2.24) is 5.43 Å². The van der Waals surface area contributed by atoms with Gasteiger partial charge in [0.05, 0.1) is 19.9 Å². The molecule has 142 valence electrons. The van der Waals surface area contributed by atoms with E-state index in [0.717, 1.165) is 0 Å². The highest BCUT2D eigenvalue weighted by Crippen LogP contribution is 2.20. The van der Waals surface area contributed by atoms with E-state index in [1.165, 1.54) is 13.3 Å². The standard InChI is InChI=1S/C19H20ClN3O4/c1-3-27-16-7-5-15(6-8-16)22-18(24)11-19(25)23-21-12-13-10-14(20)4-9-17(13)26-2/h4-10,12H,3,11H2,1-2H3,(H,22,24)(H,23,25). The minimum Gasteiger partial charge on any atom is -0.496 e. The topological polar surface area (TPSA) is 89.0 Å². The summed E-state index contributed by atoms with van der Waals surface area (Å²) < 4.78 is 10.5. The average molecular weight is 390 g/mol. The Hall–Kier alpha value is -3.06. The molecule has 2 aromatic rings. The minimum absolute atomic E-state index is 0.364. The number of rotatable bonds is 8. The predicted octanol–water partition coefficient (Wildman–Crippen LogP) is 3.23. The van der Waals surface area contributed by atoms with Crippen molar-refractivity contribution in [1.29, 1.82) is 0 Å². The molecule has 0 saturated carbocycles. The zero-order valence-corrected chi connectivity index (χ0v) is 15.7. The third kappa shape index (κ3) is 6.63. The fraction of sp³-hybridized carbons (Fsp3) is 0.211. The van der Waals surface area contributed by atoms with Crippen molar-refractivity contribution in [2.24, 2.45) is 5.10 Å². The van der Waals surface area contributed by atoms with Crippen molar-refractivity contribution >= 4 is 35.3 Å². The molecule has 27 heavy (non-hydrogen) atoms. The van der Waals surface area contributed by atoms with Crippen LogP contribution in [0, 0.1) is 0 Å². The number of carbonyl (C=O) groups excluding carboxylic acids is 2. The first-order chi connectivity index (χ1) is 13.0. The summed E-state index contributed by atoms with van der Waals surface area (Å²) in [6, 6.07) is 11.9. The second-order valence-corrected chi connectivity index (χ2v) is 5.80. The summed E-state index contributed by atoms with van der Waals surface area (Å²) in [7, 11) is 1.52. The van der Waals surface area contributed by atoms with Gasteiger partial charge in [0.2, 0.25) is 11.8 Å². The highest BCUT2D eigenvalue weighted by Gasteiger charge is 2.09. The molecule has 0 unspecified atom stereocenters. The smallest absolute Gasteiger partial charge is 0.249 e. The minimum atomic E-state index is -0.546. The lowest BCUT2D eigenvalue weighted by molar-refractivity contribution is -0.126. The van der Waals surface area contributed by atoms with Crippen molar-refractivity contribution in [3.8, 4) is 11.5 Å². The van der Waals surface area contributed by atoms with Gasteiger partial charge in [0.1, 0.15) is 17.9 Å². The van der Waals surface area contributed by atoms with Gasteiger partial charge in [-0.15, -0.1) is 0 Å². The first-order valence-electron chi connectivity index (χ1n) is 8.20. The molecular formula is C19H20ClN3O4. The Morgan fingerprint density at radius 3 is 2.56 bits per heavy atom. The molecular weight excluding hydrogens is 370 g/mol. The van der Waals surface area contributed by atoms with Crippen molar-refractivity contribution < 1.29 is 19.1 Å². The number of nitrogens with one attached hydrogen (secondary N) is 2. The van der Waals surface area contributed by atoms with Gasteiger partial charge < -0.3 is 14.8 Å². The Balaban J connectivity index is 1.84. The molecule has 2 rings (SSSR count). The third-order valence-corrected chi connectivity index (χ3v) is 3.59. The Bertz CT molecular complexity index is 822. The molecule has 0 fully saturated rings. The quantitative estimate of drug-likeness (QED) is 0.412. The molecule has 0 aromatic heterocycles. The van der Waals surface area contributed by atoms with Crippen LogP contribution < -0.4 is 20.2 Å². The van der Waals surface area contributed by atoms with Crippen molar-refractivity contribution in [3.05, 3.63) is 53.1 Å². The van der Waals surface area contributed by atoms with E-state index in [9.17, 15) is 9.59 Å².